The minimum Gasteiger partial charge on any atom is -0.397 e. The first-order valence-electron chi connectivity index (χ1n) is 6.00. The van der Waals surface area contributed by atoms with E-state index >= 15 is 0 Å². The van der Waals surface area contributed by atoms with Crippen LogP contribution in [-0.2, 0) is 14.8 Å². The molecule has 1 heterocycles. The number of hydrogen-bond acceptors (Lipinski definition) is 6. The molecule has 10 heteroatoms. The fourth-order valence-electron chi connectivity index (χ4n) is 2.11. The monoisotopic (exact) mass is 319 g/mol. The highest BCUT2D eigenvalue weighted by Crippen LogP contribution is 2.29. The van der Waals surface area contributed by atoms with Crippen LogP contribution in [0.25, 0.3) is 0 Å². The highest BCUT2D eigenvalue weighted by atomic mass is 32.2. The van der Waals surface area contributed by atoms with E-state index in [0.29, 0.717) is 19.1 Å². The van der Waals surface area contributed by atoms with Gasteiger partial charge in [-0.3, -0.25) is 10.1 Å². The fourth-order valence-corrected chi connectivity index (χ4v) is 3.71. The van der Waals surface area contributed by atoms with Crippen molar-refractivity contribution in [2.24, 2.45) is 0 Å². The average Bonchev–Trinajstić information content (AvgIpc) is 2.72. The van der Waals surface area contributed by atoms with Crippen LogP contribution in [-0.4, -0.2) is 32.1 Å². The van der Waals surface area contributed by atoms with E-state index in [4.69, 9.17) is 10.5 Å². The molecule has 1 aromatic rings. The summed E-state index contributed by atoms with van der Waals surface area (Å²) < 4.78 is 45.9. The maximum atomic E-state index is 13.9. The summed E-state index contributed by atoms with van der Waals surface area (Å²) in [5, 5.41) is 10.6. The number of ether oxygens (including phenoxy) is 1. The van der Waals surface area contributed by atoms with Gasteiger partial charge in [0.15, 0.2) is 5.82 Å². The topological polar surface area (TPSA) is 125 Å². The number of sulfonamides is 1. The molecule has 1 aliphatic rings. The van der Waals surface area contributed by atoms with Crippen molar-refractivity contribution in [3.63, 3.8) is 0 Å². The molecule has 0 bridgehead atoms. The average molecular weight is 319 g/mol. The number of hydrogen-bond donors (Lipinski definition) is 2. The van der Waals surface area contributed by atoms with Gasteiger partial charge in [0.25, 0.3) is 5.69 Å². The summed E-state index contributed by atoms with van der Waals surface area (Å²) in [4.78, 5) is 8.96. The number of nitro benzene ring substituents is 1. The van der Waals surface area contributed by atoms with Gasteiger partial charge in [0, 0.05) is 12.7 Å². The van der Waals surface area contributed by atoms with Crippen LogP contribution in [0.5, 0.6) is 0 Å². The summed E-state index contributed by atoms with van der Waals surface area (Å²) in [7, 11) is -4.26. The molecule has 2 rings (SSSR count). The molecule has 1 atom stereocenters. The molecular formula is C11H14FN3O5S. The van der Waals surface area contributed by atoms with Crippen LogP contribution in [0.1, 0.15) is 13.3 Å². The zero-order valence-electron chi connectivity index (χ0n) is 11.1. The molecule has 0 radical (unpaired) electrons. The normalized spacial score (nSPS) is 22.4. The third-order valence-corrected chi connectivity index (χ3v) is 4.87. The predicted octanol–water partition coefficient (Wildman–Crippen LogP) is 0.773. The molecule has 0 aromatic heterocycles. The fraction of sp³-hybridized carbons (Fsp3) is 0.455. The van der Waals surface area contributed by atoms with Crippen molar-refractivity contribution in [1.29, 1.82) is 0 Å². The van der Waals surface area contributed by atoms with Crippen molar-refractivity contribution < 1.29 is 22.5 Å². The Labute approximate surface area is 120 Å². The van der Waals surface area contributed by atoms with Gasteiger partial charge in [-0.15, -0.1) is 0 Å². The van der Waals surface area contributed by atoms with E-state index in [2.05, 4.69) is 4.72 Å². The Kier molecular flexibility index (Phi) is 3.87. The van der Waals surface area contributed by atoms with Gasteiger partial charge in [0.05, 0.1) is 28.8 Å². The van der Waals surface area contributed by atoms with Crippen molar-refractivity contribution in [2.45, 2.75) is 23.8 Å². The summed E-state index contributed by atoms with van der Waals surface area (Å²) in [6, 6.07) is 1.34. The molecule has 8 nitrogen and oxygen atoms in total. The van der Waals surface area contributed by atoms with E-state index in [1.165, 1.54) is 0 Å². The van der Waals surface area contributed by atoms with Gasteiger partial charge in [-0.25, -0.2) is 17.5 Å². The van der Waals surface area contributed by atoms with Crippen molar-refractivity contribution in [1.82, 2.24) is 4.72 Å². The number of benzene rings is 1. The van der Waals surface area contributed by atoms with Gasteiger partial charge in [-0.05, 0) is 13.3 Å². The largest absolute Gasteiger partial charge is 0.397 e. The van der Waals surface area contributed by atoms with Crippen molar-refractivity contribution in [3.8, 4) is 0 Å². The molecule has 1 aliphatic heterocycles. The molecule has 0 saturated carbocycles. The van der Waals surface area contributed by atoms with E-state index in [1.807, 2.05) is 0 Å². The lowest BCUT2D eigenvalue weighted by Gasteiger charge is -2.23. The first-order valence-corrected chi connectivity index (χ1v) is 7.48. The van der Waals surface area contributed by atoms with Crippen LogP contribution >= 0.6 is 0 Å². The van der Waals surface area contributed by atoms with Crippen LogP contribution in [0.4, 0.5) is 15.8 Å². The Morgan fingerprint density at radius 2 is 2.19 bits per heavy atom. The van der Waals surface area contributed by atoms with E-state index in [0.717, 1.165) is 6.07 Å². The number of rotatable bonds is 4. The second-order valence-electron chi connectivity index (χ2n) is 5.07. The Balaban J connectivity index is 2.43. The number of nitrogens with one attached hydrogen (secondary N) is 1. The van der Waals surface area contributed by atoms with E-state index in [9.17, 15) is 22.9 Å². The number of non-ortho nitro benzene ring substituents is 1. The van der Waals surface area contributed by atoms with Crippen molar-refractivity contribution in [3.05, 3.63) is 28.1 Å². The van der Waals surface area contributed by atoms with Gasteiger partial charge < -0.3 is 10.5 Å². The molecule has 0 amide bonds. The number of nitrogen functional groups attached to an aromatic ring is 1. The summed E-state index contributed by atoms with van der Waals surface area (Å²) >= 11 is 0. The van der Waals surface area contributed by atoms with Crippen LogP contribution in [0.15, 0.2) is 17.0 Å². The third kappa shape index (κ3) is 3.12. The minimum atomic E-state index is -4.26. The smallest absolute Gasteiger partial charge is 0.274 e. The molecule has 0 spiro atoms. The molecule has 0 aliphatic carbocycles. The maximum absolute atomic E-state index is 13.9. The number of halogens is 1. The number of nitrogens with two attached hydrogens (primary N) is 1. The molecule has 1 saturated heterocycles. The molecule has 1 aromatic carbocycles. The van der Waals surface area contributed by atoms with Crippen molar-refractivity contribution >= 4 is 21.4 Å². The Morgan fingerprint density at radius 3 is 2.67 bits per heavy atom. The first kappa shape index (κ1) is 15.6. The summed E-state index contributed by atoms with van der Waals surface area (Å²) in [6.45, 7) is 2.16. The Morgan fingerprint density at radius 1 is 1.52 bits per heavy atom. The molecule has 21 heavy (non-hydrogen) atoms. The zero-order chi connectivity index (χ0) is 15.8. The first-order chi connectivity index (χ1) is 9.65. The van der Waals surface area contributed by atoms with Crippen LogP contribution in [0.3, 0.4) is 0 Å². The van der Waals surface area contributed by atoms with Gasteiger partial charge >= 0.3 is 0 Å². The molecule has 116 valence electrons. The second kappa shape index (κ2) is 5.20. The number of nitrogens with zero attached hydrogens (tertiary/aromatic N) is 1. The third-order valence-electron chi connectivity index (χ3n) is 3.14. The predicted molar refractivity (Wildman–Crippen MR) is 71.6 cm³/mol. The quantitative estimate of drug-likeness (QED) is 0.480. The molecule has 1 fully saturated rings. The summed E-state index contributed by atoms with van der Waals surface area (Å²) in [5.41, 5.74) is 3.48. The highest BCUT2D eigenvalue weighted by molar-refractivity contribution is 7.89. The zero-order valence-corrected chi connectivity index (χ0v) is 11.9. The van der Waals surface area contributed by atoms with Gasteiger partial charge in [-0.2, -0.15) is 0 Å². The summed E-state index contributed by atoms with van der Waals surface area (Å²) in [5.74, 6) is -1.27. The lowest BCUT2D eigenvalue weighted by atomic mass is 10.0. The Hall–Kier alpha value is -1.78. The van der Waals surface area contributed by atoms with Crippen LogP contribution in [0, 0.1) is 15.9 Å². The lowest BCUT2D eigenvalue weighted by Crippen LogP contribution is -2.46. The van der Waals surface area contributed by atoms with E-state index < -0.39 is 42.6 Å². The maximum Gasteiger partial charge on any atom is 0.274 e. The standard InChI is InChI=1S/C11H14FN3O5S/c1-11(2-3-20-6-11)14-21(18,19)10-8(12)4-7(15(16)17)5-9(10)13/h4-5,14H,2-3,6,13H2,1H3. The van der Waals surface area contributed by atoms with Crippen LogP contribution < -0.4 is 10.5 Å². The SMILES string of the molecule is CC1(NS(=O)(=O)c2c(N)cc([N+](=O)[O-])cc2F)CCOC1. The Bertz CT molecular complexity index is 662. The molecule has 3 N–H and O–H groups in total. The van der Waals surface area contributed by atoms with E-state index in [-0.39, 0.29) is 6.61 Å². The molecular weight excluding hydrogens is 305 g/mol. The van der Waals surface area contributed by atoms with Crippen LogP contribution in [0.2, 0.25) is 0 Å². The van der Waals surface area contributed by atoms with E-state index in [1.54, 1.807) is 6.92 Å². The minimum absolute atomic E-state index is 0.154. The number of anilines is 1. The second-order valence-corrected chi connectivity index (χ2v) is 6.69. The number of nitro groups is 1. The van der Waals surface area contributed by atoms with Gasteiger partial charge in [0.1, 0.15) is 4.90 Å². The van der Waals surface area contributed by atoms with Crippen molar-refractivity contribution in [2.75, 3.05) is 18.9 Å². The van der Waals surface area contributed by atoms with Gasteiger partial charge in [0.2, 0.25) is 10.0 Å². The van der Waals surface area contributed by atoms with Gasteiger partial charge in [-0.1, -0.05) is 0 Å². The summed E-state index contributed by atoms with van der Waals surface area (Å²) in [6.07, 6.45) is 0.431. The lowest BCUT2D eigenvalue weighted by molar-refractivity contribution is -0.385. The highest BCUT2D eigenvalue weighted by Gasteiger charge is 2.37. The molecule has 1 unspecified atom stereocenters.